The molecule has 0 bridgehead atoms. The van der Waals surface area contributed by atoms with E-state index in [1.165, 1.54) is 11.8 Å². The molecule has 0 aliphatic heterocycles. The molecule has 1 N–H and O–H groups in total. The van der Waals surface area contributed by atoms with Gasteiger partial charge in [-0.1, -0.05) is 60.6 Å². The number of nitrogens with zero attached hydrogens (tertiary/aromatic N) is 3. The normalized spacial score (nSPS) is 11.9. The standard InChI is InChI=1S/C22H25ClN4O2S/c1-5-16-10-8-9-14(2)20(16)24-19(28)13-30-22-26-25-21(27(22)4)15(3)29-18-12-7-6-11-17(18)23/h6-12,15H,5,13H2,1-4H3,(H,24,28). The van der Waals surface area contributed by atoms with Crippen LogP contribution in [0, 0.1) is 6.92 Å². The zero-order valence-corrected chi connectivity index (χ0v) is 19.0. The van der Waals surface area contributed by atoms with Gasteiger partial charge in [0.05, 0.1) is 10.8 Å². The van der Waals surface area contributed by atoms with E-state index < -0.39 is 0 Å². The number of halogens is 1. The maximum absolute atomic E-state index is 12.5. The molecule has 8 heteroatoms. The van der Waals surface area contributed by atoms with Crippen molar-refractivity contribution in [2.45, 2.75) is 38.5 Å². The van der Waals surface area contributed by atoms with E-state index >= 15 is 0 Å². The number of carbonyl (C=O) groups excluding carboxylic acids is 1. The fraction of sp³-hybridized carbons (Fsp3) is 0.318. The van der Waals surface area contributed by atoms with E-state index in [0.717, 1.165) is 23.2 Å². The minimum Gasteiger partial charge on any atom is -0.481 e. The fourth-order valence-electron chi connectivity index (χ4n) is 3.10. The number of amides is 1. The molecule has 6 nitrogen and oxygen atoms in total. The van der Waals surface area contributed by atoms with Crippen LogP contribution >= 0.6 is 23.4 Å². The molecule has 3 aromatic rings. The predicted molar refractivity (Wildman–Crippen MR) is 121 cm³/mol. The molecule has 30 heavy (non-hydrogen) atoms. The highest BCUT2D eigenvalue weighted by atomic mass is 35.5. The van der Waals surface area contributed by atoms with Crippen LogP contribution in [0.5, 0.6) is 5.75 Å². The third kappa shape index (κ3) is 5.15. The van der Waals surface area contributed by atoms with Gasteiger partial charge in [-0.25, -0.2) is 0 Å². The Labute approximate surface area is 186 Å². The molecule has 158 valence electrons. The summed E-state index contributed by atoms with van der Waals surface area (Å²) in [5, 5.41) is 12.7. The molecule has 0 saturated carbocycles. The van der Waals surface area contributed by atoms with Crippen LogP contribution in [0.2, 0.25) is 5.02 Å². The largest absolute Gasteiger partial charge is 0.481 e. The van der Waals surface area contributed by atoms with Crippen molar-refractivity contribution < 1.29 is 9.53 Å². The molecule has 0 aliphatic rings. The van der Waals surface area contributed by atoms with Crippen LogP contribution in [-0.2, 0) is 18.3 Å². The number of nitrogens with one attached hydrogen (secondary N) is 1. The Morgan fingerprint density at radius 2 is 2.00 bits per heavy atom. The van der Waals surface area contributed by atoms with Crippen molar-refractivity contribution in [3.63, 3.8) is 0 Å². The molecule has 3 rings (SSSR count). The number of hydrogen-bond acceptors (Lipinski definition) is 5. The second-order valence-corrected chi connectivity index (χ2v) is 8.24. The van der Waals surface area contributed by atoms with Crippen LogP contribution in [0.4, 0.5) is 5.69 Å². The van der Waals surface area contributed by atoms with Gasteiger partial charge in [0.2, 0.25) is 5.91 Å². The van der Waals surface area contributed by atoms with Crippen LogP contribution in [-0.4, -0.2) is 26.4 Å². The average Bonchev–Trinajstić information content (AvgIpc) is 3.10. The second kappa shape index (κ2) is 10.00. The molecule has 0 aliphatic carbocycles. The summed E-state index contributed by atoms with van der Waals surface area (Å²) < 4.78 is 7.76. The van der Waals surface area contributed by atoms with Crippen molar-refractivity contribution in [2.75, 3.05) is 11.1 Å². The average molecular weight is 445 g/mol. The molecule has 1 heterocycles. The smallest absolute Gasteiger partial charge is 0.234 e. The van der Waals surface area contributed by atoms with Crippen LogP contribution in [0.25, 0.3) is 0 Å². The van der Waals surface area contributed by atoms with E-state index in [1.54, 1.807) is 6.07 Å². The minimum atomic E-state index is -0.343. The van der Waals surface area contributed by atoms with Gasteiger partial charge in [-0.3, -0.25) is 4.79 Å². The van der Waals surface area contributed by atoms with Crippen molar-refractivity contribution in [1.29, 1.82) is 0 Å². The molecule has 2 aromatic carbocycles. The lowest BCUT2D eigenvalue weighted by atomic mass is 10.1. The molecular formula is C22H25ClN4O2S. The number of carbonyl (C=O) groups is 1. The Bertz CT molecular complexity index is 1040. The molecule has 0 spiro atoms. The van der Waals surface area contributed by atoms with Gasteiger partial charge in [-0.05, 0) is 43.5 Å². The van der Waals surface area contributed by atoms with E-state index in [1.807, 2.05) is 61.9 Å². The third-order valence-corrected chi connectivity index (χ3v) is 6.04. The summed E-state index contributed by atoms with van der Waals surface area (Å²) in [6, 6.07) is 13.3. The Kier molecular flexibility index (Phi) is 7.39. The van der Waals surface area contributed by atoms with E-state index in [4.69, 9.17) is 16.3 Å². The topological polar surface area (TPSA) is 69.0 Å². The fourth-order valence-corrected chi connectivity index (χ4v) is 4.00. The quantitative estimate of drug-likeness (QED) is 0.483. The molecule has 1 aromatic heterocycles. The maximum atomic E-state index is 12.5. The predicted octanol–water partition coefficient (Wildman–Crippen LogP) is 5.21. The van der Waals surface area contributed by atoms with Crippen LogP contribution in [0.1, 0.15) is 36.9 Å². The maximum Gasteiger partial charge on any atom is 0.234 e. The van der Waals surface area contributed by atoms with Crippen LogP contribution in [0.15, 0.2) is 47.6 Å². The molecule has 0 saturated heterocycles. The number of hydrogen-bond donors (Lipinski definition) is 1. The van der Waals surface area contributed by atoms with Crippen LogP contribution in [0.3, 0.4) is 0 Å². The Morgan fingerprint density at radius 3 is 2.73 bits per heavy atom. The summed E-state index contributed by atoms with van der Waals surface area (Å²) in [5.74, 6) is 1.41. The van der Waals surface area contributed by atoms with Gasteiger partial charge < -0.3 is 14.6 Å². The first-order valence-electron chi connectivity index (χ1n) is 9.72. The molecule has 1 amide bonds. The highest BCUT2D eigenvalue weighted by Gasteiger charge is 2.19. The lowest BCUT2D eigenvalue weighted by Crippen LogP contribution is -2.16. The van der Waals surface area contributed by atoms with Crippen molar-refractivity contribution in [3.05, 3.63) is 64.4 Å². The highest BCUT2D eigenvalue weighted by molar-refractivity contribution is 7.99. The lowest BCUT2D eigenvalue weighted by Gasteiger charge is -2.15. The molecule has 1 atom stereocenters. The van der Waals surface area contributed by atoms with Gasteiger partial charge in [0.1, 0.15) is 5.75 Å². The Hall–Kier alpha value is -2.51. The van der Waals surface area contributed by atoms with Crippen LogP contribution < -0.4 is 10.1 Å². The summed E-state index contributed by atoms with van der Waals surface area (Å²) in [7, 11) is 1.86. The number of anilines is 1. The Balaban J connectivity index is 1.63. The van der Waals surface area contributed by atoms with Gasteiger partial charge in [-0.15, -0.1) is 10.2 Å². The monoisotopic (exact) mass is 444 g/mol. The molecule has 0 radical (unpaired) electrons. The highest BCUT2D eigenvalue weighted by Crippen LogP contribution is 2.29. The first-order valence-corrected chi connectivity index (χ1v) is 11.1. The lowest BCUT2D eigenvalue weighted by molar-refractivity contribution is -0.113. The number of rotatable bonds is 8. The van der Waals surface area contributed by atoms with Crippen molar-refractivity contribution in [1.82, 2.24) is 14.8 Å². The summed E-state index contributed by atoms with van der Waals surface area (Å²) in [6.07, 6.45) is 0.519. The summed E-state index contributed by atoms with van der Waals surface area (Å²) in [4.78, 5) is 12.5. The van der Waals surface area contributed by atoms with Crippen molar-refractivity contribution in [3.8, 4) is 5.75 Å². The summed E-state index contributed by atoms with van der Waals surface area (Å²) in [6.45, 7) is 5.96. The molecule has 0 fully saturated rings. The number of benzene rings is 2. The van der Waals surface area contributed by atoms with Gasteiger partial charge in [0.15, 0.2) is 17.1 Å². The van der Waals surface area contributed by atoms with E-state index in [9.17, 15) is 4.79 Å². The number of aromatic nitrogens is 3. The number of ether oxygens (including phenoxy) is 1. The third-order valence-electron chi connectivity index (χ3n) is 4.71. The van der Waals surface area contributed by atoms with Gasteiger partial charge in [0.25, 0.3) is 0 Å². The summed E-state index contributed by atoms with van der Waals surface area (Å²) in [5.41, 5.74) is 3.07. The van der Waals surface area contributed by atoms with E-state index in [-0.39, 0.29) is 17.8 Å². The molecular weight excluding hydrogens is 420 g/mol. The molecule has 1 unspecified atom stereocenters. The van der Waals surface area contributed by atoms with Gasteiger partial charge >= 0.3 is 0 Å². The SMILES string of the molecule is CCc1cccc(C)c1NC(=O)CSc1nnc(C(C)Oc2ccccc2Cl)n1C. The van der Waals surface area contributed by atoms with E-state index in [2.05, 4.69) is 22.4 Å². The number of aryl methyl sites for hydroxylation is 2. The summed E-state index contributed by atoms with van der Waals surface area (Å²) >= 11 is 7.51. The first kappa shape index (κ1) is 22.2. The minimum absolute atomic E-state index is 0.0751. The Morgan fingerprint density at radius 1 is 1.23 bits per heavy atom. The first-order chi connectivity index (χ1) is 14.4. The van der Waals surface area contributed by atoms with Crippen molar-refractivity contribution >= 4 is 35.0 Å². The van der Waals surface area contributed by atoms with Gasteiger partial charge in [0, 0.05) is 12.7 Å². The number of para-hydroxylation sites is 2. The number of thioether (sulfide) groups is 1. The second-order valence-electron chi connectivity index (χ2n) is 6.89. The van der Waals surface area contributed by atoms with Crippen molar-refractivity contribution in [2.24, 2.45) is 7.05 Å². The zero-order valence-electron chi connectivity index (χ0n) is 17.5. The van der Waals surface area contributed by atoms with E-state index in [0.29, 0.717) is 21.8 Å². The van der Waals surface area contributed by atoms with Gasteiger partial charge in [-0.2, -0.15) is 0 Å². The zero-order chi connectivity index (χ0) is 21.7.